The number of fused-ring (bicyclic) bond motifs is 1. The summed E-state index contributed by atoms with van der Waals surface area (Å²) in [4.78, 5) is 15.3. The van der Waals surface area contributed by atoms with Gasteiger partial charge < -0.3 is 0 Å². The molecule has 8 nitrogen and oxygen atoms in total. The summed E-state index contributed by atoms with van der Waals surface area (Å²) < 4.78 is 38.4. The third-order valence-electron chi connectivity index (χ3n) is 3.98. The monoisotopic (exact) mass is 434 g/mol. The summed E-state index contributed by atoms with van der Waals surface area (Å²) in [7, 11) is -1.52. The van der Waals surface area contributed by atoms with E-state index in [0.29, 0.717) is 6.42 Å². The fourth-order valence-corrected chi connectivity index (χ4v) is 7.63. The fraction of sp³-hybridized carbons (Fsp3) is 0.400. The molecular formula is C15H19N2O6PSe. The first-order chi connectivity index (χ1) is 12.0. The number of benzene rings is 1. The number of methoxy groups -OCH3 is 1. The zero-order valence-corrected chi connectivity index (χ0v) is 16.2. The van der Waals surface area contributed by atoms with Crippen molar-refractivity contribution in [2.45, 2.75) is 12.5 Å². The molecule has 0 radical (unpaired) electrons. The number of nitrogens with one attached hydrogen (secondary N) is 2. The molecule has 25 heavy (non-hydrogen) atoms. The Morgan fingerprint density at radius 3 is 2.84 bits per heavy atom. The molecule has 0 unspecified atom stereocenters. The van der Waals surface area contributed by atoms with Crippen molar-refractivity contribution >= 4 is 38.5 Å². The number of aromatic amines is 1. The average Bonchev–Trinajstić information content (AvgIpc) is 3.04. The summed E-state index contributed by atoms with van der Waals surface area (Å²) in [5.74, 6) is -0.439. The molecule has 0 aliphatic carbocycles. The molecule has 0 saturated carbocycles. The molecule has 0 amide bonds. The Labute approximate surface area is 149 Å². The van der Waals surface area contributed by atoms with Gasteiger partial charge in [0.2, 0.25) is 0 Å². The van der Waals surface area contributed by atoms with Crippen LogP contribution in [0.1, 0.15) is 5.56 Å². The van der Waals surface area contributed by atoms with Gasteiger partial charge in [-0.15, -0.1) is 0 Å². The standard InChI is InChI=1S/C15H19N2O6PSe/c1-21-15(18)14(17-8-24(19)9-22-25(20)23-10-24)6-11-7-16-13-5-3-2-4-12(11)13/h2-5,7,14,16-17H,6,8-10H2,1H3/t14-,24?,25?/m0/s1. The molecule has 1 atom stereocenters. The van der Waals surface area contributed by atoms with Crippen molar-refractivity contribution in [2.24, 2.45) is 0 Å². The van der Waals surface area contributed by atoms with Crippen LogP contribution in [0.25, 0.3) is 10.9 Å². The number of esters is 1. The summed E-state index contributed by atoms with van der Waals surface area (Å²) in [6.45, 7) is 0. The predicted octanol–water partition coefficient (Wildman–Crippen LogP) is 1.54. The number of carbonyl (C=O) groups is 1. The van der Waals surface area contributed by atoms with Crippen LogP contribution in [0.15, 0.2) is 30.5 Å². The molecule has 1 aromatic carbocycles. The van der Waals surface area contributed by atoms with Crippen LogP contribution in [0.4, 0.5) is 0 Å². The maximum atomic E-state index is 12.6. The van der Waals surface area contributed by atoms with Gasteiger partial charge in [-0.3, -0.25) is 0 Å². The molecule has 0 spiro atoms. The van der Waals surface area contributed by atoms with Gasteiger partial charge in [0.1, 0.15) is 0 Å². The topological polar surface area (TPSA) is 107 Å². The minimum atomic E-state index is -2.83. The van der Waals surface area contributed by atoms with Crippen molar-refractivity contribution in [2.75, 3.05) is 26.1 Å². The van der Waals surface area contributed by atoms with Gasteiger partial charge in [0.25, 0.3) is 0 Å². The number of ether oxygens (including phenoxy) is 1. The second-order valence-corrected chi connectivity index (χ2v) is 10.6. The first-order valence-corrected chi connectivity index (χ1v) is 12.0. The first kappa shape index (κ1) is 18.5. The first-order valence-electron chi connectivity index (χ1n) is 7.62. The molecule has 1 aliphatic rings. The Balaban J connectivity index is 1.71. The zero-order chi connectivity index (χ0) is 17.9. The Bertz CT molecular complexity index is 824. The van der Waals surface area contributed by atoms with E-state index < -0.39 is 33.6 Å². The average molecular weight is 433 g/mol. The zero-order valence-electron chi connectivity index (χ0n) is 13.6. The summed E-state index contributed by atoms with van der Waals surface area (Å²) in [6, 6.07) is 7.13. The fourth-order valence-electron chi connectivity index (χ4n) is 2.62. The van der Waals surface area contributed by atoms with Crippen LogP contribution in [0, 0.1) is 0 Å². The number of H-pyrrole nitrogens is 1. The van der Waals surface area contributed by atoms with Crippen LogP contribution >= 0.6 is 7.14 Å². The number of carbonyl (C=O) groups excluding carboxylic acids is 1. The molecule has 2 N–H and O–H groups in total. The second-order valence-electron chi connectivity index (χ2n) is 5.76. The normalized spacial score (nSPS) is 24.9. The molecule has 2 aromatic rings. The molecule has 3 rings (SSSR count). The number of para-hydroxylation sites is 1. The molecular weight excluding hydrogens is 414 g/mol. The van der Waals surface area contributed by atoms with Crippen molar-refractivity contribution in [1.82, 2.24) is 10.3 Å². The number of rotatable bonds is 6. The predicted molar refractivity (Wildman–Crippen MR) is 91.8 cm³/mol. The summed E-state index contributed by atoms with van der Waals surface area (Å²) in [5, 5.41) is 4.02. The SMILES string of the molecule is COC(=O)[C@H](Cc1c[nH]c2ccccc12)NCP1(=O)CO[Se](=O)OC1. The molecule has 1 aromatic heterocycles. The van der Waals surface area contributed by atoms with Gasteiger partial charge in [-0.05, 0) is 0 Å². The van der Waals surface area contributed by atoms with Crippen molar-refractivity contribution < 1.29 is 25.6 Å². The van der Waals surface area contributed by atoms with Crippen LogP contribution in [0.3, 0.4) is 0 Å². The van der Waals surface area contributed by atoms with Crippen molar-refractivity contribution in [1.29, 1.82) is 0 Å². The third-order valence-corrected chi connectivity index (χ3v) is 8.02. The molecule has 2 heterocycles. The number of aromatic nitrogens is 1. The molecule has 10 heteroatoms. The number of hydrogen-bond donors (Lipinski definition) is 2. The van der Waals surface area contributed by atoms with E-state index in [2.05, 4.69) is 10.3 Å². The van der Waals surface area contributed by atoms with Crippen molar-refractivity contribution in [3.05, 3.63) is 36.0 Å². The van der Waals surface area contributed by atoms with Gasteiger partial charge in [-0.2, -0.15) is 0 Å². The van der Waals surface area contributed by atoms with E-state index in [9.17, 15) is 13.2 Å². The van der Waals surface area contributed by atoms with Crippen LogP contribution in [-0.2, 0) is 32.0 Å². The van der Waals surface area contributed by atoms with Crippen molar-refractivity contribution in [3.8, 4) is 0 Å². The van der Waals surface area contributed by atoms with E-state index in [0.717, 1.165) is 16.5 Å². The molecule has 136 valence electrons. The van der Waals surface area contributed by atoms with Gasteiger partial charge in [0.15, 0.2) is 0 Å². The Morgan fingerprint density at radius 2 is 2.12 bits per heavy atom. The van der Waals surface area contributed by atoms with E-state index >= 15 is 0 Å². The second kappa shape index (κ2) is 7.91. The molecule has 1 aliphatic heterocycles. The quantitative estimate of drug-likeness (QED) is 0.404. The van der Waals surface area contributed by atoms with Crippen LogP contribution < -0.4 is 5.32 Å². The van der Waals surface area contributed by atoms with Gasteiger partial charge in [0.05, 0.1) is 0 Å². The molecule has 1 saturated heterocycles. The number of hydrogen-bond acceptors (Lipinski definition) is 7. The summed E-state index contributed by atoms with van der Waals surface area (Å²) in [6.07, 6.45) is 2.08. The molecule has 1 fully saturated rings. The van der Waals surface area contributed by atoms with Gasteiger partial charge in [0, 0.05) is 0 Å². The van der Waals surface area contributed by atoms with E-state index in [1.807, 2.05) is 30.5 Å². The summed E-state index contributed by atoms with van der Waals surface area (Å²) in [5.41, 5.74) is 1.94. The Morgan fingerprint density at radius 1 is 1.40 bits per heavy atom. The maximum absolute atomic E-state index is 12.6. The van der Waals surface area contributed by atoms with E-state index in [-0.39, 0.29) is 19.0 Å². The van der Waals surface area contributed by atoms with Gasteiger partial charge in [-0.25, -0.2) is 0 Å². The van der Waals surface area contributed by atoms with E-state index in [1.54, 1.807) is 0 Å². The Kier molecular flexibility index (Phi) is 5.84. The Hall–Kier alpha value is -1.34. The van der Waals surface area contributed by atoms with Crippen LogP contribution in [0.5, 0.6) is 0 Å². The minimum absolute atomic E-state index is 0.0496. The van der Waals surface area contributed by atoms with Crippen molar-refractivity contribution in [3.63, 3.8) is 0 Å². The van der Waals surface area contributed by atoms with Crippen LogP contribution in [0.2, 0.25) is 0 Å². The third kappa shape index (κ3) is 4.44. The van der Waals surface area contributed by atoms with Gasteiger partial charge >= 0.3 is 149 Å². The van der Waals surface area contributed by atoms with E-state index in [1.165, 1.54) is 7.11 Å². The van der Waals surface area contributed by atoms with Crippen LogP contribution in [-0.4, -0.2) is 57.6 Å². The van der Waals surface area contributed by atoms with E-state index in [4.69, 9.17) is 12.4 Å². The molecule has 0 bridgehead atoms. The summed E-state index contributed by atoms with van der Waals surface area (Å²) >= 11 is -2.75. The van der Waals surface area contributed by atoms with Gasteiger partial charge in [-0.1, -0.05) is 0 Å².